The highest BCUT2D eigenvalue weighted by Crippen LogP contribution is 2.43. The highest BCUT2D eigenvalue weighted by atomic mass is 31.2. The average Bonchev–Trinajstić information content (AvgIpc) is 3.20. The number of allylic oxidation sites excluding steroid dienone is 18. The predicted octanol–water partition coefficient (Wildman–Crippen LogP) is 12.4. The average molecular weight is 814 g/mol. The van der Waals surface area contributed by atoms with E-state index in [4.69, 9.17) is 24.3 Å². The lowest BCUT2D eigenvalue weighted by Crippen LogP contribution is -2.29. The highest BCUT2D eigenvalue weighted by Gasteiger charge is 2.25. The maximum atomic E-state index is 12.6. The topological polar surface area (TPSA) is 134 Å². The Morgan fingerprint density at radius 1 is 0.544 bits per heavy atom. The Morgan fingerprint density at radius 3 is 1.46 bits per heavy atom. The van der Waals surface area contributed by atoms with Gasteiger partial charge in [0.2, 0.25) is 0 Å². The molecule has 0 aromatic carbocycles. The fourth-order valence-corrected chi connectivity index (χ4v) is 5.77. The first-order valence-electron chi connectivity index (χ1n) is 21.4. The number of phosphoric acid groups is 1. The van der Waals surface area contributed by atoms with Crippen molar-refractivity contribution in [2.45, 2.75) is 148 Å². The molecule has 0 bridgehead atoms. The first kappa shape index (κ1) is 53.7. The van der Waals surface area contributed by atoms with Gasteiger partial charge in [0.15, 0.2) is 6.10 Å². The minimum absolute atomic E-state index is 0.0331. The molecule has 57 heavy (non-hydrogen) atoms. The van der Waals surface area contributed by atoms with Gasteiger partial charge in [-0.05, 0) is 96.3 Å². The van der Waals surface area contributed by atoms with Gasteiger partial charge < -0.3 is 20.1 Å². The number of ether oxygens (including phenoxy) is 2. The molecule has 0 fully saturated rings. The van der Waals surface area contributed by atoms with Gasteiger partial charge in [-0.25, -0.2) is 4.57 Å². The molecule has 0 heterocycles. The van der Waals surface area contributed by atoms with Gasteiger partial charge in [-0.3, -0.25) is 18.6 Å². The van der Waals surface area contributed by atoms with Crippen molar-refractivity contribution in [2.75, 3.05) is 26.4 Å². The van der Waals surface area contributed by atoms with Crippen LogP contribution in [-0.2, 0) is 32.7 Å². The fraction of sp³-hybridized carbons (Fsp3) is 0.574. The van der Waals surface area contributed by atoms with Gasteiger partial charge in [0.05, 0.1) is 13.2 Å². The molecule has 0 rings (SSSR count). The van der Waals surface area contributed by atoms with E-state index in [-0.39, 0.29) is 32.6 Å². The minimum atomic E-state index is -4.41. The molecule has 0 aromatic rings. The number of esters is 2. The van der Waals surface area contributed by atoms with E-state index < -0.39 is 32.5 Å². The number of carbonyl (C=O) groups is 2. The summed E-state index contributed by atoms with van der Waals surface area (Å²) in [6.45, 7) is 3.45. The molecule has 0 amide bonds. The van der Waals surface area contributed by atoms with E-state index >= 15 is 0 Å². The summed E-state index contributed by atoms with van der Waals surface area (Å²) < 4.78 is 32.7. The van der Waals surface area contributed by atoms with E-state index in [1.54, 1.807) is 0 Å². The molecule has 10 heteroatoms. The van der Waals surface area contributed by atoms with Gasteiger partial charge in [-0.15, -0.1) is 0 Å². The van der Waals surface area contributed by atoms with E-state index in [9.17, 15) is 19.0 Å². The largest absolute Gasteiger partial charge is 0.472 e. The second-order valence-corrected chi connectivity index (χ2v) is 14.9. The van der Waals surface area contributed by atoms with E-state index in [1.165, 1.54) is 25.7 Å². The van der Waals surface area contributed by atoms with Gasteiger partial charge in [0.1, 0.15) is 6.61 Å². The van der Waals surface area contributed by atoms with Crippen molar-refractivity contribution >= 4 is 19.8 Å². The second kappa shape index (κ2) is 42.3. The summed E-state index contributed by atoms with van der Waals surface area (Å²) >= 11 is 0. The second-order valence-electron chi connectivity index (χ2n) is 13.5. The van der Waals surface area contributed by atoms with E-state index in [2.05, 4.69) is 117 Å². The third kappa shape index (κ3) is 42.1. The molecule has 0 aliphatic rings. The van der Waals surface area contributed by atoms with Crippen LogP contribution < -0.4 is 5.73 Å². The number of carbonyl (C=O) groups excluding carboxylic acids is 2. The summed E-state index contributed by atoms with van der Waals surface area (Å²) in [5.41, 5.74) is 5.34. The van der Waals surface area contributed by atoms with E-state index in [1.807, 2.05) is 6.08 Å². The SMILES string of the molecule is CC/C=C/C/C=C/C/C=C/C/C=C/C/C=C/CCCC(=O)O[C@H](COC(=O)CCCCC/C=C/C/C=C/C/C=C/C/C=C/CCCCC)COP(=O)(O)OCCN. The summed E-state index contributed by atoms with van der Waals surface area (Å²) in [7, 11) is -4.41. The molecule has 3 N–H and O–H groups in total. The van der Waals surface area contributed by atoms with E-state index in [0.717, 1.165) is 70.6 Å². The van der Waals surface area contributed by atoms with Gasteiger partial charge in [-0.2, -0.15) is 0 Å². The molecule has 0 spiro atoms. The Morgan fingerprint density at radius 2 is 0.982 bits per heavy atom. The summed E-state index contributed by atoms with van der Waals surface area (Å²) in [6.07, 6.45) is 55.5. The standard InChI is InChI=1S/C47H76NO8P/c1-3-5-7-9-11-13-15-17-19-21-22-24-25-27-29-31-33-35-37-39-46(49)53-43-45(44-55-57(51,52)54-42-41-48)56-47(50)40-38-36-34-32-30-28-26-23-20-18-16-14-12-10-8-6-4-2/h6,8,11-14,17-20,22,24,26-29,32,34,45H,3-5,7,9-10,15-16,21,23,25,30-31,33,35-44,48H2,1-2H3,(H,51,52)/b8-6+,13-11+,14-12+,19-17+,20-18+,24-22+,28-26+,29-27+,34-32+/t45-/m1/s1. The monoisotopic (exact) mass is 814 g/mol. The van der Waals surface area contributed by atoms with Crippen molar-refractivity contribution in [3.8, 4) is 0 Å². The molecule has 2 atom stereocenters. The molecule has 9 nitrogen and oxygen atoms in total. The number of nitrogens with two attached hydrogens (primary N) is 1. The maximum absolute atomic E-state index is 12.6. The zero-order chi connectivity index (χ0) is 41.8. The first-order chi connectivity index (χ1) is 27.8. The first-order valence-corrected chi connectivity index (χ1v) is 22.9. The summed E-state index contributed by atoms with van der Waals surface area (Å²) in [6, 6.07) is 0. The molecular weight excluding hydrogens is 737 g/mol. The Hall–Kier alpha value is -3.33. The highest BCUT2D eigenvalue weighted by molar-refractivity contribution is 7.47. The normalized spacial score (nSPS) is 14.4. The van der Waals surface area contributed by atoms with Gasteiger partial charge >= 0.3 is 19.8 Å². The molecule has 1 unspecified atom stereocenters. The molecule has 0 aliphatic carbocycles. The van der Waals surface area contributed by atoms with Crippen LogP contribution in [0.25, 0.3) is 0 Å². The molecule has 0 saturated carbocycles. The molecule has 0 saturated heterocycles. The lowest BCUT2D eigenvalue weighted by molar-refractivity contribution is -0.161. The van der Waals surface area contributed by atoms with Crippen molar-refractivity contribution in [2.24, 2.45) is 5.73 Å². The molecule has 0 aliphatic heterocycles. The van der Waals surface area contributed by atoms with Crippen LogP contribution in [0.5, 0.6) is 0 Å². The van der Waals surface area contributed by atoms with Gasteiger partial charge in [-0.1, -0.05) is 142 Å². The van der Waals surface area contributed by atoms with Crippen LogP contribution in [0.2, 0.25) is 0 Å². The zero-order valence-corrected chi connectivity index (χ0v) is 36.2. The quantitative estimate of drug-likeness (QED) is 0.0270. The maximum Gasteiger partial charge on any atom is 0.472 e. The number of phosphoric ester groups is 1. The van der Waals surface area contributed by atoms with E-state index in [0.29, 0.717) is 19.3 Å². The molecule has 322 valence electrons. The molecule has 0 aromatic heterocycles. The lowest BCUT2D eigenvalue weighted by Gasteiger charge is -2.19. The lowest BCUT2D eigenvalue weighted by atomic mass is 10.1. The van der Waals surface area contributed by atoms with Crippen LogP contribution in [0.4, 0.5) is 0 Å². The predicted molar refractivity (Wildman–Crippen MR) is 238 cm³/mol. The van der Waals surface area contributed by atoms with Crippen LogP contribution in [0.15, 0.2) is 109 Å². The Balaban J connectivity index is 4.35. The van der Waals surface area contributed by atoms with Crippen LogP contribution in [0.1, 0.15) is 142 Å². The van der Waals surface area contributed by atoms with Crippen molar-refractivity contribution in [3.05, 3.63) is 109 Å². The Kier molecular flexibility index (Phi) is 39.8. The number of unbranched alkanes of at least 4 members (excludes halogenated alkanes) is 7. The fourth-order valence-electron chi connectivity index (χ4n) is 5.00. The van der Waals surface area contributed by atoms with Gasteiger partial charge in [0.25, 0.3) is 0 Å². The van der Waals surface area contributed by atoms with Crippen LogP contribution in [-0.4, -0.2) is 49.3 Å². The van der Waals surface area contributed by atoms with Gasteiger partial charge in [0, 0.05) is 19.4 Å². The smallest absolute Gasteiger partial charge is 0.462 e. The molecular formula is C47H76NO8P. The third-order valence-electron chi connectivity index (χ3n) is 8.14. The van der Waals surface area contributed by atoms with Crippen molar-refractivity contribution in [3.63, 3.8) is 0 Å². The number of hydrogen-bond donors (Lipinski definition) is 2. The van der Waals surface area contributed by atoms with Crippen molar-refractivity contribution in [1.82, 2.24) is 0 Å². The summed E-state index contributed by atoms with van der Waals surface area (Å²) in [4.78, 5) is 34.8. The number of hydrogen-bond acceptors (Lipinski definition) is 8. The zero-order valence-electron chi connectivity index (χ0n) is 35.3. The third-order valence-corrected chi connectivity index (χ3v) is 9.13. The van der Waals surface area contributed by atoms with Crippen molar-refractivity contribution in [1.29, 1.82) is 0 Å². The van der Waals surface area contributed by atoms with Crippen LogP contribution in [0.3, 0.4) is 0 Å². The van der Waals surface area contributed by atoms with Crippen LogP contribution in [0, 0.1) is 0 Å². The number of rotatable bonds is 38. The minimum Gasteiger partial charge on any atom is -0.462 e. The summed E-state index contributed by atoms with van der Waals surface area (Å²) in [5, 5.41) is 0. The molecule has 0 radical (unpaired) electrons. The van der Waals surface area contributed by atoms with Crippen LogP contribution >= 0.6 is 7.82 Å². The van der Waals surface area contributed by atoms with Crippen molar-refractivity contribution < 1.29 is 37.6 Å². The Bertz CT molecular complexity index is 1290. The Labute approximate surface area is 346 Å². The summed E-state index contributed by atoms with van der Waals surface area (Å²) in [5.74, 6) is -0.946.